The van der Waals surface area contributed by atoms with Gasteiger partial charge in [-0.15, -0.1) is 0 Å². The molecular formula is C12H23NS. The topological polar surface area (TPSA) is 12.0 Å². The van der Waals surface area contributed by atoms with Crippen molar-refractivity contribution in [3.63, 3.8) is 0 Å². The minimum Gasteiger partial charge on any atom is -0.310 e. The van der Waals surface area contributed by atoms with E-state index in [2.05, 4.69) is 24.0 Å². The number of hydrogen-bond acceptors (Lipinski definition) is 2. The molecule has 1 nitrogen and oxygen atoms in total. The van der Waals surface area contributed by atoms with Gasteiger partial charge in [-0.3, -0.25) is 0 Å². The molecule has 0 heterocycles. The molecule has 2 fully saturated rings. The Hall–Kier alpha value is 0.310. The summed E-state index contributed by atoms with van der Waals surface area (Å²) in [6.07, 6.45) is 10.1. The quantitative estimate of drug-likeness (QED) is 0.769. The molecule has 0 radical (unpaired) electrons. The fourth-order valence-corrected chi connectivity index (χ4v) is 3.79. The van der Waals surface area contributed by atoms with E-state index in [1.807, 2.05) is 0 Å². The highest BCUT2D eigenvalue weighted by atomic mass is 32.2. The van der Waals surface area contributed by atoms with Crippen LogP contribution in [0, 0.1) is 0 Å². The third kappa shape index (κ3) is 2.66. The van der Waals surface area contributed by atoms with E-state index in [4.69, 9.17) is 0 Å². The lowest BCUT2D eigenvalue weighted by atomic mass is 9.89. The van der Waals surface area contributed by atoms with Crippen LogP contribution in [-0.2, 0) is 0 Å². The van der Waals surface area contributed by atoms with Crippen molar-refractivity contribution >= 4 is 11.8 Å². The molecule has 0 aromatic carbocycles. The van der Waals surface area contributed by atoms with E-state index >= 15 is 0 Å². The van der Waals surface area contributed by atoms with Gasteiger partial charge in [-0.25, -0.2) is 0 Å². The van der Waals surface area contributed by atoms with Crippen molar-refractivity contribution in [1.29, 1.82) is 0 Å². The molecule has 2 unspecified atom stereocenters. The molecule has 0 spiro atoms. The van der Waals surface area contributed by atoms with E-state index in [0.717, 1.165) is 17.3 Å². The third-order valence-corrected chi connectivity index (χ3v) is 4.96. The Bertz CT molecular complexity index is 166. The van der Waals surface area contributed by atoms with E-state index in [0.29, 0.717) is 0 Å². The maximum Gasteiger partial charge on any atom is 0.0201 e. The maximum absolute atomic E-state index is 3.87. The van der Waals surface area contributed by atoms with E-state index in [-0.39, 0.29) is 0 Å². The molecule has 0 aliphatic heterocycles. The zero-order valence-electron chi connectivity index (χ0n) is 9.30. The molecule has 0 aromatic rings. The fraction of sp³-hybridized carbons (Fsp3) is 1.00. The third-order valence-electron chi connectivity index (χ3n) is 3.64. The molecular weight excluding hydrogens is 190 g/mol. The Balaban J connectivity index is 1.78. The van der Waals surface area contributed by atoms with Crippen molar-refractivity contribution < 1.29 is 0 Å². The summed E-state index contributed by atoms with van der Waals surface area (Å²) in [6.45, 7) is 2.29. The molecule has 0 amide bonds. The van der Waals surface area contributed by atoms with Crippen LogP contribution >= 0.6 is 11.8 Å². The van der Waals surface area contributed by atoms with Crippen LogP contribution in [0.15, 0.2) is 0 Å². The standard InChI is InChI=1S/C12H23NS/c1-2-14-12-9-4-3-8-11(12)13-10-6-5-7-10/h10-13H,2-9H2,1H3. The second kappa shape index (κ2) is 5.41. The van der Waals surface area contributed by atoms with Crippen molar-refractivity contribution in [2.24, 2.45) is 0 Å². The lowest BCUT2D eigenvalue weighted by molar-refractivity contribution is 0.271. The predicted octanol–water partition coefficient (Wildman–Crippen LogP) is 3.19. The van der Waals surface area contributed by atoms with Crippen LogP contribution in [-0.4, -0.2) is 23.1 Å². The summed E-state index contributed by atoms with van der Waals surface area (Å²) < 4.78 is 0. The van der Waals surface area contributed by atoms with Gasteiger partial charge in [0.05, 0.1) is 0 Å². The van der Waals surface area contributed by atoms with Gasteiger partial charge in [0.1, 0.15) is 0 Å². The Morgan fingerprint density at radius 2 is 1.86 bits per heavy atom. The zero-order valence-corrected chi connectivity index (χ0v) is 10.1. The minimum absolute atomic E-state index is 0.832. The highest BCUT2D eigenvalue weighted by molar-refractivity contribution is 7.99. The Kier molecular flexibility index (Phi) is 4.18. The molecule has 2 heteroatoms. The lowest BCUT2D eigenvalue weighted by Gasteiger charge is -2.37. The molecule has 14 heavy (non-hydrogen) atoms. The number of hydrogen-bond donors (Lipinski definition) is 1. The van der Waals surface area contributed by atoms with Gasteiger partial charge in [0, 0.05) is 17.3 Å². The summed E-state index contributed by atoms with van der Waals surface area (Å²) in [7, 11) is 0. The minimum atomic E-state index is 0.832. The number of thioether (sulfide) groups is 1. The van der Waals surface area contributed by atoms with Crippen LogP contribution in [0.4, 0.5) is 0 Å². The van der Waals surface area contributed by atoms with Crippen molar-refractivity contribution in [2.75, 3.05) is 5.75 Å². The zero-order chi connectivity index (χ0) is 9.80. The predicted molar refractivity (Wildman–Crippen MR) is 65.0 cm³/mol. The summed E-state index contributed by atoms with van der Waals surface area (Å²) >= 11 is 2.17. The van der Waals surface area contributed by atoms with Crippen LogP contribution < -0.4 is 5.32 Å². The smallest absolute Gasteiger partial charge is 0.0201 e. The van der Waals surface area contributed by atoms with Crippen molar-refractivity contribution in [2.45, 2.75) is 69.2 Å². The normalized spacial score (nSPS) is 34.1. The first-order valence-electron chi connectivity index (χ1n) is 6.28. The first-order valence-corrected chi connectivity index (χ1v) is 7.32. The SMILES string of the molecule is CCSC1CCCCC1NC1CCC1. The van der Waals surface area contributed by atoms with E-state index in [1.54, 1.807) is 0 Å². The highest BCUT2D eigenvalue weighted by Crippen LogP contribution is 2.30. The van der Waals surface area contributed by atoms with Crippen LogP contribution in [0.2, 0.25) is 0 Å². The van der Waals surface area contributed by atoms with E-state index in [9.17, 15) is 0 Å². The molecule has 0 bridgehead atoms. The van der Waals surface area contributed by atoms with Crippen LogP contribution in [0.1, 0.15) is 51.9 Å². The van der Waals surface area contributed by atoms with Gasteiger partial charge in [-0.05, 0) is 31.4 Å². The van der Waals surface area contributed by atoms with Gasteiger partial charge in [-0.1, -0.05) is 26.2 Å². The summed E-state index contributed by atoms with van der Waals surface area (Å²) in [5, 5.41) is 4.78. The summed E-state index contributed by atoms with van der Waals surface area (Å²) in [4.78, 5) is 0. The highest BCUT2D eigenvalue weighted by Gasteiger charge is 2.28. The van der Waals surface area contributed by atoms with Crippen molar-refractivity contribution in [1.82, 2.24) is 5.32 Å². The largest absolute Gasteiger partial charge is 0.310 e. The molecule has 2 rings (SSSR count). The molecule has 0 aromatic heterocycles. The van der Waals surface area contributed by atoms with Crippen LogP contribution in [0.25, 0.3) is 0 Å². The lowest BCUT2D eigenvalue weighted by Crippen LogP contribution is -2.48. The molecule has 2 aliphatic rings. The summed E-state index contributed by atoms with van der Waals surface area (Å²) in [6, 6.07) is 1.71. The van der Waals surface area contributed by atoms with E-state index in [1.165, 1.54) is 50.7 Å². The summed E-state index contributed by atoms with van der Waals surface area (Å²) in [5.41, 5.74) is 0. The van der Waals surface area contributed by atoms with Gasteiger partial charge < -0.3 is 5.32 Å². The molecule has 82 valence electrons. The van der Waals surface area contributed by atoms with Crippen molar-refractivity contribution in [3.05, 3.63) is 0 Å². The molecule has 1 N–H and O–H groups in total. The second-order valence-electron chi connectivity index (χ2n) is 4.68. The molecule has 2 atom stereocenters. The van der Waals surface area contributed by atoms with Crippen LogP contribution in [0.5, 0.6) is 0 Å². The monoisotopic (exact) mass is 213 g/mol. The Labute approximate surface area is 92.4 Å². The van der Waals surface area contributed by atoms with Gasteiger partial charge in [0.2, 0.25) is 0 Å². The van der Waals surface area contributed by atoms with Gasteiger partial charge in [-0.2, -0.15) is 11.8 Å². The van der Waals surface area contributed by atoms with E-state index < -0.39 is 0 Å². The van der Waals surface area contributed by atoms with Crippen LogP contribution in [0.3, 0.4) is 0 Å². The summed E-state index contributed by atoms with van der Waals surface area (Å²) in [5.74, 6) is 1.29. The molecule has 2 aliphatic carbocycles. The number of rotatable bonds is 4. The second-order valence-corrected chi connectivity index (χ2v) is 6.20. The maximum atomic E-state index is 3.87. The molecule has 0 saturated heterocycles. The number of nitrogens with one attached hydrogen (secondary N) is 1. The first-order chi connectivity index (χ1) is 6.90. The Morgan fingerprint density at radius 1 is 1.07 bits per heavy atom. The van der Waals surface area contributed by atoms with Crippen molar-refractivity contribution in [3.8, 4) is 0 Å². The van der Waals surface area contributed by atoms with Gasteiger partial charge >= 0.3 is 0 Å². The Morgan fingerprint density at radius 3 is 2.50 bits per heavy atom. The van der Waals surface area contributed by atoms with Gasteiger partial charge in [0.15, 0.2) is 0 Å². The average molecular weight is 213 g/mol. The fourth-order valence-electron chi connectivity index (χ4n) is 2.58. The van der Waals surface area contributed by atoms with Gasteiger partial charge in [0.25, 0.3) is 0 Å². The first kappa shape index (κ1) is 10.8. The average Bonchev–Trinajstić information content (AvgIpc) is 2.14. The molecule has 2 saturated carbocycles.